The first-order chi connectivity index (χ1) is 7.22. The Kier molecular flexibility index (Phi) is 2.91. The lowest BCUT2D eigenvalue weighted by Gasteiger charge is -2.14. The lowest BCUT2D eigenvalue weighted by atomic mass is 9.94. The van der Waals surface area contributed by atoms with E-state index in [4.69, 9.17) is 4.74 Å². The summed E-state index contributed by atoms with van der Waals surface area (Å²) in [5, 5.41) is 3.29. The van der Waals surface area contributed by atoms with Crippen molar-refractivity contribution in [3.63, 3.8) is 0 Å². The van der Waals surface area contributed by atoms with E-state index in [0.717, 1.165) is 30.6 Å². The predicted octanol–water partition coefficient (Wildman–Crippen LogP) is 2.22. The van der Waals surface area contributed by atoms with Gasteiger partial charge in [-0.1, -0.05) is 0 Å². The lowest BCUT2D eigenvalue weighted by molar-refractivity contribution is 0.385. The molecule has 1 fully saturated rings. The molecule has 1 aromatic carbocycles. The minimum atomic E-state index is -0.259. The fourth-order valence-electron chi connectivity index (χ4n) is 2.19. The number of rotatable bonds is 2. The number of nitrogens with one attached hydrogen (secondary N) is 1. The molecule has 1 unspecified atom stereocenters. The van der Waals surface area contributed by atoms with Gasteiger partial charge in [-0.3, -0.25) is 0 Å². The first-order valence-electron chi connectivity index (χ1n) is 5.27. The zero-order chi connectivity index (χ0) is 10.8. The van der Waals surface area contributed by atoms with E-state index in [0.29, 0.717) is 11.7 Å². The quantitative estimate of drug-likeness (QED) is 0.806. The van der Waals surface area contributed by atoms with Crippen molar-refractivity contribution >= 4 is 0 Å². The third kappa shape index (κ3) is 1.97. The largest absolute Gasteiger partial charge is 0.494 e. The van der Waals surface area contributed by atoms with E-state index in [1.165, 1.54) is 7.11 Å². The van der Waals surface area contributed by atoms with Crippen LogP contribution in [-0.4, -0.2) is 20.2 Å². The molecular formula is C12H16FNO. The Morgan fingerprint density at radius 2 is 2.27 bits per heavy atom. The zero-order valence-corrected chi connectivity index (χ0v) is 9.14. The van der Waals surface area contributed by atoms with Crippen LogP contribution in [0.15, 0.2) is 12.1 Å². The minimum absolute atomic E-state index is 0.259. The molecule has 2 rings (SSSR count). The fourth-order valence-corrected chi connectivity index (χ4v) is 2.19. The van der Waals surface area contributed by atoms with Crippen molar-refractivity contribution in [2.45, 2.75) is 19.3 Å². The highest BCUT2D eigenvalue weighted by Crippen LogP contribution is 2.30. The van der Waals surface area contributed by atoms with Crippen molar-refractivity contribution < 1.29 is 9.13 Å². The molecule has 0 spiro atoms. The average molecular weight is 209 g/mol. The highest BCUT2D eigenvalue weighted by molar-refractivity contribution is 5.38. The third-order valence-electron chi connectivity index (χ3n) is 3.04. The normalized spacial score (nSPS) is 20.6. The van der Waals surface area contributed by atoms with Crippen molar-refractivity contribution in [3.8, 4) is 5.75 Å². The van der Waals surface area contributed by atoms with Gasteiger partial charge in [0, 0.05) is 6.54 Å². The van der Waals surface area contributed by atoms with Gasteiger partial charge >= 0.3 is 0 Å². The second-order valence-corrected chi connectivity index (χ2v) is 4.03. The first kappa shape index (κ1) is 10.4. The molecule has 15 heavy (non-hydrogen) atoms. The number of benzene rings is 1. The first-order valence-corrected chi connectivity index (χ1v) is 5.27. The molecular weight excluding hydrogens is 193 g/mol. The van der Waals surface area contributed by atoms with Gasteiger partial charge in [-0.2, -0.15) is 0 Å². The van der Waals surface area contributed by atoms with Gasteiger partial charge in [0.2, 0.25) is 0 Å². The van der Waals surface area contributed by atoms with Crippen LogP contribution in [0.25, 0.3) is 0 Å². The number of hydrogen-bond acceptors (Lipinski definition) is 2. The van der Waals surface area contributed by atoms with Crippen molar-refractivity contribution in [1.82, 2.24) is 5.32 Å². The van der Waals surface area contributed by atoms with Gasteiger partial charge in [0.15, 0.2) is 11.6 Å². The van der Waals surface area contributed by atoms with E-state index in [1.807, 2.05) is 6.92 Å². The van der Waals surface area contributed by atoms with E-state index in [-0.39, 0.29) is 5.82 Å². The molecule has 0 aliphatic carbocycles. The standard InChI is InChI=1S/C12H16FNO/c1-8-5-12(15-2)11(13)6-10(8)9-3-4-14-7-9/h5-6,9,14H,3-4,7H2,1-2H3. The SMILES string of the molecule is COc1cc(C)c(C2CCNC2)cc1F. The van der Waals surface area contributed by atoms with Crippen LogP contribution < -0.4 is 10.1 Å². The Balaban J connectivity index is 2.35. The Morgan fingerprint density at radius 3 is 2.87 bits per heavy atom. The monoisotopic (exact) mass is 209 g/mol. The maximum atomic E-state index is 13.5. The van der Waals surface area contributed by atoms with E-state index in [2.05, 4.69) is 5.32 Å². The van der Waals surface area contributed by atoms with Crippen LogP contribution in [0.5, 0.6) is 5.75 Å². The Bertz CT molecular complexity index is 359. The number of ether oxygens (including phenoxy) is 1. The van der Waals surface area contributed by atoms with Crippen LogP contribution in [0.3, 0.4) is 0 Å². The van der Waals surface area contributed by atoms with Crippen molar-refractivity contribution in [1.29, 1.82) is 0 Å². The second-order valence-electron chi connectivity index (χ2n) is 4.03. The van der Waals surface area contributed by atoms with Crippen LogP contribution in [0.2, 0.25) is 0 Å². The van der Waals surface area contributed by atoms with Crippen LogP contribution >= 0.6 is 0 Å². The molecule has 1 saturated heterocycles. The van der Waals surface area contributed by atoms with Crippen LogP contribution in [0.1, 0.15) is 23.5 Å². The molecule has 1 aromatic rings. The van der Waals surface area contributed by atoms with E-state index in [1.54, 1.807) is 12.1 Å². The highest BCUT2D eigenvalue weighted by Gasteiger charge is 2.20. The van der Waals surface area contributed by atoms with Crippen molar-refractivity contribution in [2.75, 3.05) is 20.2 Å². The van der Waals surface area contributed by atoms with Crippen molar-refractivity contribution in [3.05, 3.63) is 29.1 Å². The second kappa shape index (κ2) is 4.19. The third-order valence-corrected chi connectivity index (χ3v) is 3.04. The summed E-state index contributed by atoms with van der Waals surface area (Å²) in [6.07, 6.45) is 1.09. The Hall–Kier alpha value is -1.09. The molecule has 2 nitrogen and oxygen atoms in total. The van der Waals surface area contributed by atoms with Crippen LogP contribution in [-0.2, 0) is 0 Å². The molecule has 0 bridgehead atoms. The summed E-state index contributed by atoms with van der Waals surface area (Å²) in [6.45, 7) is 3.99. The van der Waals surface area contributed by atoms with Crippen molar-refractivity contribution in [2.24, 2.45) is 0 Å². The van der Waals surface area contributed by atoms with Gasteiger partial charge in [0.25, 0.3) is 0 Å². The number of hydrogen-bond donors (Lipinski definition) is 1. The molecule has 1 aliphatic rings. The van der Waals surface area contributed by atoms with Gasteiger partial charge in [-0.15, -0.1) is 0 Å². The van der Waals surface area contributed by atoms with Gasteiger partial charge in [0.05, 0.1) is 7.11 Å². The Morgan fingerprint density at radius 1 is 1.47 bits per heavy atom. The summed E-state index contributed by atoms with van der Waals surface area (Å²) < 4.78 is 18.5. The summed E-state index contributed by atoms with van der Waals surface area (Å²) >= 11 is 0. The van der Waals surface area contributed by atoms with Gasteiger partial charge in [-0.25, -0.2) is 4.39 Å². The van der Waals surface area contributed by atoms with E-state index >= 15 is 0 Å². The van der Waals surface area contributed by atoms with Crippen LogP contribution in [0.4, 0.5) is 4.39 Å². The summed E-state index contributed by atoms with van der Waals surface area (Å²) in [4.78, 5) is 0. The molecule has 0 aromatic heterocycles. The predicted molar refractivity (Wildman–Crippen MR) is 57.9 cm³/mol. The number of halogens is 1. The highest BCUT2D eigenvalue weighted by atomic mass is 19.1. The van der Waals surface area contributed by atoms with Gasteiger partial charge in [-0.05, 0) is 49.1 Å². The summed E-state index contributed by atoms with van der Waals surface area (Å²) in [5.41, 5.74) is 2.22. The molecule has 0 amide bonds. The Labute approximate surface area is 89.4 Å². The molecule has 82 valence electrons. The number of methoxy groups -OCH3 is 1. The van der Waals surface area contributed by atoms with E-state index in [9.17, 15) is 4.39 Å². The maximum Gasteiger partial charge on any atom is 0.165 e. The smallest absolute Gasteiger partial charge is 0.165 e. The fraction of sp³-hybridized carbons (Fsp3) is 0.500. The molecule has 0 saturated carbocycles. The summed E-state index contributed by atoms with van der Waals surface area (Å²) in [5.74, 6) is 0.526. The van der Waals surface area contributed by atoms with Gasteiger partial charge in [0.1, 0.15) is 0 Å². The number of aryl methyl sites for hydroxylation is 1. The maximum absolute atomic E-state index is 13.5. The topological polar surface area (TPSA) is 21.3 Å². The molecule has 0 radical (unpaired) electrons. The van der Waals surface area contributed by atoms with E-state index < -0.39 is 0 Å². The molecule has 1 N–H and O–H groups in total. The summed E-state index contributed by atoms with van der Waals surface area (Å²) in [7, 11) is 1.49. The molecule has 1 atom stereocenters. The molecule has 1 aliphatic heterocycles. The minimum Gasteiger partial charge on any atom is -0.494 e. The van der Waals surface area contributed by atoms with Crippen LogP contribution in [0, 0.1) is 12.7 Å². The molecule has 1 heterocycles. The van der Waals surface area contributed by atoms with Gasteiger partial charge < -0.3 is 10.1 Å². The summed E-state index contributed by atoms with van der Waals surface area (Å²) in [6, 6.07) is 3.40. The zero-order valence-electron chi connectivity index (χ0n) is 9.14. The average Bonchev–Trinajstić information content (AvgIpc) is 2.74. The molecule has 3 heteroatoms. The lowest BCUT2D eigenvalue weighted by Crippen LogP contribution is -2.09.